The molecule has 166 valence electrons. The van der Waals surface area contributed by atoms with Gasteiger partial charge in [0.25, 0.3) is 0 Å². The van der Waals surface area contributed by atoms with Gasteiger partial charge in [0.05, 0.1) is 4.90 Å². The van der Waals surface area contributed by atoms with Crippen molar-refractivity contribution in [2.75, 3.05) is 19.0 Å². The molecule has 0 amide bonds. The topological polar surface area (TPSA) is 127 Å². The first-order chi connectivity index (χ1) is 14.1. The zero-order chi connectivity index (χ0) is 22.3. The number of hydrogen-bond acceptors (Lipinski definition) is 6. The van der Waals surface area contributed by atoms with Crippen LogP contribution in [-0.2, 0) is 14.6 Å². The van der Waals surface area contributed by atoms with E-state index < -0.39 is 21.2 Å². The highest BCUT2D eigenvalue weighted by atomic mass is 32.2. The van der Waals surface area contributed by atoms with Gasteiger partial charge in [-0.25, -0.2) is 8.42 Å². The molecule has 2 aromatic carbocycles. The quantitative estimate of drug-likeness (QED) is 0.636. The average Bonchev–Trinajstić information content (AvgIpc) is 2.71. The van der Waals surface area contributed by atoms with E-state index in [1.165, 1.54) is 38.2 Å². The number of rotatable bonds is 6. The Morgan fingerprint density at radius 3 is 2.23 bits per heavy atom. The van der Waals surface area contributed by atoms with E-state index in [4.69, 9.17) is 16.6 Å². The lowest BCUT2D eigenvalue weighted by Crippen LogP contribution is -2.31. The summed E-state index contributed by atoms with van der Waals surface area (Å²) in [4.78, 5) is 12.7. The molecule has 3 rings (SSSR count). The number of nitrogens with zero attached hydrogens (tertiary/aromatic N) is 1. The molecule has 1 atom stereocenters. The van der Waals surface area contributed by atoms with E-state index >= 15 is 0 Å². The summed E-state index contributed by atoms with van der Waals surface area (Å²) in [7, 11) is -0.0408. The van der Waals surface area contributed by atoms with Crippen LogP contribution in [0.1, 0.15) is 44.9 Å². The van der Waals surface area contributed by atoms with Crippen LogP contribution < -0.4 is 16.4 Å². The Kier molecular flexibility index (Phi) is 8.64. The normalized spacial score (nSPS) is 15.9. The summed E-state index contributed by atoms with van der Waals surface area (Å²) in [6, 6.07) is 11.0. The second-order valence-electron chi connectivity index (χ2n) is 7.94. The number of aliphatic carboxylic acids is 1. The number of hydrogen-bond donors (Lipinski definition) is 3. The fourth-order valence-electron chi connectivity index (χ4n) is 3.62. The molecule has 1 aliphatic rings. The third-order valence-electron chi connectivity index (χ3n) is 5.34. The monoisotopic (exact) mass is 435 g/mol. The first-order valence-electron chi connectivity index (χ1n) is 10.3. The molecule has 1 saturated carbocycles. The number of carbonyl (C=O) groups is 1. The van der Waals surface area contributed by atoms with E-state index in [2.05, 4.69) is 0 Å². The number of carboxylic acid groups (broad SMARTS) is 1. The molecule has 7 nitrogen and oxygen atoms in total. The minimum Gasteiger partial charge on any atom is -0.481 e. The van der Waals surface area contributed by atoms with E-state index in [0.717, 1.165) is 11.1 Å². The van der Waals surface area contributed by atoms with Crippen molar-refractivity contribution in [1.29, 1.82) is 0 Å². The van der Waals surface area contributed by atoms with Gasteiger partial charge >= 0.3 is 5.97 Å². The van der Waals surface area contributed by atoms with Crippen molar-refractivity contribution in [2.24, 2.45) is 11.5 Å². The molecule has 1 fully saturated rings. The predicted molar refractivity (Wildman–Crippen MR) is 121 cm³/mol. The third kappa shape index (κ3) is 6.17. The Bertz CT molecular complexity index is 954. The zero-order valence-electron chi connectivity index (χ0n) is 17.8. The smallest absolute Gasteiger partial charge is 0.303 e. The summed E-state index contributed by atoms with van der Waals surface area (Å²) in [6.07, 6.45) is 6.26. The molecule has 0 radical (unpaired) electrons. The van der Waals surface area contributed by atoms with Gasteiger partial charge in [0.2, 0.25) is 0 Å². The largest absolute Gasteiger partial charge is 0.481 e. The lowest BCUT2D eigenvalue weighted by molar-refractivity contribution is -0.137. The van der Waals surface area contributed by atoms with Gasteiger partial charge in [-0.15, -0.1) is 0 Å². The maximum absolute atomic E-state index is 12.7. The van der Waals surface area contributed by atoms with Crippen LogP contribution in [0.15, 0.2) is 41.3 Å². The van der Waals surface area contributed by atoms with E-state index in [1.807, 2.05) is 31.1 Å². The van der Waals surface area contributed by atoms with Crippen LogP contribution in [0.4, 0.5) is 5.69 Å². The van der Waals surface area contributed by atoms with Crippen LogP contribution in [0.2, 0.25) is 0 Å². The van der Waals surface area contributed by atoms with Gasteiger partial charge in [-0.3, -0.25) is 4.79 Å². The molecular weight excluding hydrogens is 402 g/mol. The minimum atomic E-state index is -3.81. The summed E-state index contributed by atoms with van der Waals surface area (Å²) in [6.45, 7) is 0. The first kappa shape index (κ1) is 24.1. The van der Waals surface area contributed by atoms with Crippen LogP contribution in [0, 0.1) is 0 Å². The number of carboxylic acids is 1. The van der Waals surface area contributed by atoms with Crippen LogP contribution in [0.3, 0.4) is 0 Å². The highest BCUT2D eigenvalue weighted by Gasteiger charge is 2.26. The van der Waals surface area contributed by atoms with Crippen LogP contribution in [0.25, 0.3) is 10.8 Å². The van der Waals surface area contributed by atoms with E-state index in [1.54, 1.807) is 18.2 Å². The first-order valence-corrected chi connectivity index (χ1v) is 11.8. The Hall–Kier alpha value is -2.16. The van der Waals surface area contributed by atoms with Gasteiger partial charge in [0.15, 0.2) is 9.84 Å². The highest BCUT2D eigenvalue weighted by molar-refractivity contribution is 7.92. The number of nitrogens with two attached hydrogens (primary N) is 2. The van der Waals surface area contributed by atoms with Crippen molar-refractivity contribution < 1.29 is 18.3 Å². The zero-order valence-corrected chi connectivity index (χ0v) is 18.6. The fraction of sp³-hybridized carbons (Fsp3) is 0.500. The van der Waals surface area contributed by atoms with Gasteiger partial charge in [-0.05, 0) is 31.4 Å². The van der Waals surface area contributed by atoms with Crippen molar-refractivity contribution in [2.45, 2.75) is 61.3 Å². The summed E-state index contributed by atoms with van der Waals surface area (Å²) in [5.41, 5.74) is 12.3. The van der Waals surface area contributed by atoms with Crippen LogP contribution in [-0.4, -0.2) is 45.0 Å². The molecule has 0 aliphatic heterocycles. The van der Waals surface area contributed by atoms with Crippen molar-refractivity contribution in [1.82, 2.24) is 0 Å². The summed E-state index contributed by atoms with van der Waals surface area (Å²) >= 11 is 0. The lowest BCUT2D eigenvalue weighted by Gasteiger charge is -2.18. The van der Waals surface area contributed by atoms with E-state index in [9.17, 15) is 13.2 Å². The minimum absolute atomic E-state index is 0.124. The second kappa shape index (κ2) is 10.7. The molecule has 30 heavy (non-hydrogen) atoms. The van der Waals surface area contributed by atoms with Crippen LogP contribution >= 0.6 is 0 Å². The van der Waals surface area contributed by atoms with Gasteiger partial charge in [0.1, 0.15) is 5.37 Å². The molecule has 1 unspecified atom stereocenters. The number of benzene rings is 2. The van der Waals surface area contributed by atoms with E-state index in [0.29, 0.717) is 11.4 Å². The summed E-state index contributed by atoms with van der Waals surface area (Å²) < 4.78 is 25.4. The molecule has 1 aliphatic carbocycles. The Morgan fingerprint density at radius 2 is 1.70 bits per heavy atom. The molecule has 0 aromatic heterocycles. The SMILES string of the molecule is CN(C)c1cccc2c(S(=O)(=O)C(N)CCC(=O)O)cccc12.NC1CCCCC1. The van der Waals surface area contributed by atoms with Gasteiger partial charge < -0.3 is 21.5 Å². The third-order valence-corrected chi connectivity index (χ3v) is 7.34. The average molecular weight is 436 g/mol. The Balaban J connectivity index is 0.000000386. The maximum Gasteiger partial charge on any atom is 0.303 e. The Morgan fingerprint density at radius 1 is 1.10 bits per heavy atom. The highest BCUT2D eigenvalue weighted by Crippen LogP contribution is 2.31. The molecule has 0 bridgehead atoms. The van der Waals surface area contributed by atoms with Gasteiger partial charge in [-0.2, -0.15) is 0 Å². The lowest BCUT2D eigenvalue weighted by atomic mass is 9.97. The molecule has 0 saturated heterocycles. The number of anilines is 1. The Labute approximate surface area is 179 Å². The van der Waals surface area contributed by atoms with Gasteiger partial charge in [-0.1, -0.05) is 43.5 Å². The van der Waals surface area contributed by atoms with Crippen LogP contribution in [0.5, 0.6) is 0 Å². The summed E-state index contributed by atoms with van der Waals surface area (Å²) in [5, 5.41) is 8.87. The van der Waals surface area contributed by atoms with Crippen molar-refractivity contribution in [3.63, 3.8) is 0 Å². The van der Waals surface area contributed by atoms with Crippen molar-refractivity contribution in [3.8, 4) is 0 Å². The van der Waals surface area contributed by atoms with E-state index in [-0.39, 0.29) is 17.7 Å². The van der Waals surface area contributed by atoms with Crippen molar-refractivity contribution in [3.05, 3.63) is 36.4 Å². The maximum atomic E-state index is 12.7. The number of sulfone groups is 1. The van der Waals surface area contributed by atoms with Gasteiger partial charge in [0, 0.05) is 43.0 Å². The molecule has 2 aromatic rings. The number of fused-ring (bicyclic) bond motifs is 1. The predicted octanol–water partition coefficient (Wildman–Crippen LogP) is 3.11. The molecule has 0 heterocycles. The fourth-order valence-corrected chi connectivity index (χ4v) is 5.13. The molecule has 5 N–H and O–H groups in total. The molecule has 0 spiro atoms. The second-order valence-corrected chi connectivity index (χ2v) is 10.1. The van der Waals surface area contributed by atoms with Crippen molar-refractivity contribution >= 4 is 32.3 Å². The molecule has 8 heteroatoms. The standard InChI is InChI=1S/C16H20N2O4S.C6H13N/c1-18(2)13-7-3-6-12-11(13)5-4-8-14(12)23(21,22)15(17)9-10-16(19)20;7-6-4-2-1-3-5-6/h3-8,15H,9-10,17H2,1-2H3,(H,19,20);6H,1-5,7H2. The summed E-state index contributed by atoms with van der Waals surface area (Å²) in [5.74, 6) is -1.07. The molecular formula is C22H33N3O4S.